The van der Waals surface area contributed by atoms with Gasteiger partial charge in [0, 0.05) is 0 Å². The molecule has 8 nitrogen and oxygen atoms in total. The zero-order valence-corrected chi connectivity index (χ0v) is 15.7. The Balaban J connectivity index is 1.53. The van der Waals surface area contributed by atoms with Crippen molar-refractivity contribution < 1.29 is 31.8 Å². The fraction of sp³-hybridized carbons (Fsp3) is 0.500. The van der Waals surface area contributed by atoms with Gasteiger partial charge in [-0.3, -0.25) is 14.4 Å². The Morgan fingerprint density at radius 3 is 2.22 bits per heavy atom. The topological polar surface area (TPSA) is 107 Å². The van der Waals surface area contributed by atoms with E-state index in [0.717, 1.165) is 0 Å². The first kappa shape index (κ1) is 18.1. The summed E-state index contributed by atoms with van der Waals surface area (Å²) in [7, 11) is -2.89. The summed E-state index contributed by atoms with van der Waals surface area (Å²) in [5, 5.41) is -0.532. The molecule has 2 aliphatic carbocycles. The molecule has 0 N–H and O–H groups in total. The van der Waals surface area contributed by atoms with Crippen LogP contribution in [0.1, 0.15) is 46.9 Å². The maximum Gasteiger partial charge on any atom is 0.311 e. The van der Waals surface area contributed by atoms with Gasteiger partial charge in [-0.25, -0.2) is 0 Å². The number of methoxy groups -OCH3 is 1. The lowest BCUT2D eigenvalue weighted by Crippen LogP contribution is -2.43. The Morgan fingerprint density at radius 1 is 1.15 bits per heavy atom. The standard InChI is InChI=1S/C18H19NO7S/c1-18(17(22)25-2)9-10-7-11(18)8-14(10)27(23,24)26-19-15(20)12-5-3-4-6-13(12)16(19)21/h3-6,10-11,14H,7-9H2,1-2H3. The first-order valence-corrected chi connectivity index (χ1v) is 10.2. The molecule has 1 aromatic carbocycles. The maximum atomic E-state index is 12.8. The second kappa shape index (κ2) is 5.87. The summed E-state index contributed by atoms with van der Waals surface area (Å²) in [5.74, 6) is -2.34. The second-order valence-electron chi connectivity index (χ2n) is 7.60. The Hall–Kier alpha value is -2.26. The second-order valence-corrected chi connectivity index (χ2v) is 9.34. The van der Waals surface area contributed by atoms with Gasteiger partial charge < -0.3 is 4.74 Å². The first-order valence-electron chi connectivity index (χ1n) is 8.68. The summed E-state index contributed by atoms with van der Waals surface area (Å²) in [6.45, 7) is 1.79. The van der Waals surface area contributed by atoms with E-state index in [1.165, 1.54) is 19.2 Å². The molecule has 0 saturated heterocycles. The predicted molar refractivity (Wildman–Crippen MR) is 91.7 cm³/mol. The molecule has 2 saturated carbocycles. The average molecular weight is 393 g/mol. The Labute approximate surface area is 156 Å². The molecule has 2 bridgehead atoms. The molecule has 144 valence electrons. The Morgan fingerprint density at radius 2 is 1.74 bits per heavy atom. The van der Waals surface area contributed by atoms with Gasteiger partial charge in [0.15, 0.2) is 0 Å². The van der Waals surface area contributed by atoms with Gasteiger partial charge in [-0.15, -0.1) is 9.35 Å². The number of imide groups is 1. The maximum absolute atomic E-state index is 12.8. The first-order chi connectivity index (χ1) is 12.7. The van der Waals surface area contributed by atoms with Gasteiger partial charge in [-0.2, -0.15) is 8.42 Å². The molecule has 0 radical (unpaired) electrons. The average Bonchev–Trinajstić information content (AvgIpc) is 3.28. The van der Waals surface area contributed by atoms with Crippen LogP contribution in [-0.4, -0.2) is 43.6 Å². The summed E-state index contributed by atoms with van der Waals surface area (Å²) in [5.41, 5.74) is -0.478. The number of fused-ring (bicyclic) bond motifs is 3. The molecule has 0 aromatic heterocycles. The zero-order valence-electron chi connectivity index (χ0n) is 14.9. The molecule has 1 aliphatic heterocycles. The molecule has 27 heavy (non-hydrogen) atoms. The number of carbonyl (C=O) groups is 3. The normalized spacial score (nSPS) is 32.1. The van der Waals surface area contributed by atoms with E-state index in [0.29, 0.717) is 17.9 Å². The van der Waals surface area contributed by atoms with Crippen molar-refractivity contribution in [1.82, 2.24) is 5.06 Å². The van der Waals surface area contributed by atoms with Gasteiger partial charge in [-0.1, -0.05) is 12.1 Å². The van der Waals surface area contributed by atoms with Crippen LogP contribution in [0.5, 0.6) is 0 Å². The Kier molecular flexibility index (Phi) is 3.94. The minimum atomic E-state index is -4.21. The number of carbonyl (C=O) groups excluding carboxylic acids is 3. The van der Waals surface area contributed by atoms with Gasteiger partial charge in [0.25, 0.3) is 21.9 Å². The molecular formula is C18H19NO7S. The smallest absolute Gasteiger partial charge is 0.311 e. The number of rotatable bonds is 4. The highest BCUT2D eigenvalue weighted by Gasteiger charge is 2.60. The van der Waals surface area contributed by atoms with E-state index in [9.17, 15) is 22.8 Å². The van der Waals surface area contributed by atoms with E-state index < -0.39 is 32.6 Å². The van der Waals surface area contributed by atoms with Crippen LogP contribution >= 0.6 is 0 Å². The number of hydrogen-bond acceptors (Lipinski definition) is 7. The van der Waals surface area contributed by atoms with Crippen LogP contribution in [0.15, 0.2) is 24.3 Å². The van der Waals surface area contributed by atoms with E-state index in [4.69, 9.17) is 9.02 Å². The van der Waals surface area contributed by atoms with Crippen LogP contribution in [0.25, 0.3) is 0 Å². The van der Waals surface area contributed by atoms with Gasteiger partial charge in [0.1, 0.15) is 0 Å². The third kappa shape index (κ3) is 2.52. The van der Waals surface area contributed by atoms with Crippen molar-refractivity contribution in [3.8, 4) is 0 Å². The molecule has 2 fully saturated rings. The highest BCUT2D eigenvalue weighted by Crippen LogP contribution is 2.58. The van der Waals surface area contributed by atoms with Gasteiger partial charge in [-0.05, 0) is 50.2 Å². The lowest BCUT2D eigenvalue weighted by molar-refractivity contribution is -0.154. The van der Waals surface area contributed by atoms with Crippen molar-refractivity contribution in [2.45, 2.75) is 31.4 Å². The monoisotopic (exact) mass is 393 g/mol. The molecule has 3 aliphatic rings. The minimum absolute atomic E-state index is 0.115. The van der Waals surface area contributed by atoms with Crippen molar-refractivity contribution in [2.75, 3.05) is 7.11 Å². The number of esters is 1. The zero-order chi connectivity index (χ0) is 19.6. The van der Waals surface area contributed by atoms with Crippen molar-refractivity contribution in [3.05, 3.63) is 35.4 Å². The summed E-state index contributed by atoms with van der Waals surface area (Å²) >= 11 is 0. The van der Waals surface area contributed by atoms with Crippen LogP contribution in [0.4, 0.5) is 0 Å². The summed E-state index contributed by atoms with van der Waals surface area (Å²) < 4.78 is 35.4. The van der Waals surface area contributed by atoms with Crippen LogP contribution in [0.2, 0.25) is 0 Å². The van der Waals surface area contributed by atoms with Crippen molar-refractivity contribution in [3.63, 3.8) is 0 Å². The highest BCUT2D eigenvalue weighted by atomic mass is 32.2. The SMILES string of the molecule is COC(=O)C1(C)CC2CC1CC2S(=O)(=O)ON1C(=O)c2ccccc2C1=O. The van der Waals surface area contributed by atoms with Crippen LogP contribution in [0, 0.1) is 17.3 Å². The lowest BCUT2D eigenvalue weighted by Gasteiger charge is -2.34. The van der Waals surface area contributed by atoms with Crippen LogP contribution < -0.4 is 0 Å². The molecule has 4 rings (SSSR count). The minimum Gasteiger partial charge on any atom is -0.469 e. The van der Waals surface area contributed by atoms with E-state index in [1.807, 2.05) is 0 Å². The van der Waals surface area contributed by atoms with Crippen molar-refractivity contribution >= 4 is 27.9 Å². The number of ether oxygens (including phenoxy) is 1. The van der Waals surface area contributed by atoms with Gasteiger partial charge in [0.05, 0.1) is 28.9 Å². The largest absolute Gasteiger partial charge is 0.469 e. The number of nitrogens with zero attached hydrogens (tertiary/aromatic N) is 1. The third-order valence-electron chi connectivity index (χ3n) is 6.17. The number of amides is 2. The van der Waals surface area contributed by atoms with Crippen molar-refractivity contribution in [1.29, 1.82) is 0 Å². The quantitative estimate of drug-likeness (QED) is 0.564. The summed E-state index contributed by atoms with van der Waals surface area (Å²) in [4.78, 5) is 36.8. The van der Waals surface area contributed by atoms with Crippen LogP contribution in [-0.2, 0) is 23.9 Å². The summed E-state index contributed by atoms with van der Waals surface area (Å²) in [6, 6.07) is 6.08. The third-order valence-corrected chi connectivity index (χ3v) is 7.85. The number of hydroxylamine groups is 2. The predicted octanol–water partition coefficient (Wildman–Crippen LogP) is 1.52. The molecule has 9 heteroatoms. The molecule has 4 atom stereocenters. The molecule has 4 unspecified atom stereocenters. The molecule has 0 spiro atoms. The fourth-order valence-corrected chi connectivity index (χ4v) is 6.36. The number of hydrogen-bond donors (Lipinski definition) is 0. The number of benzene rings is 1. The van der Waals surface area contributed by atoms with Gasteiger partial charge >= 0.3 is 5.97 Å². The molecule has 1 heterocycles. The lowest BCUT2D eigenvalue weighted by atomic mass is 9.75. The van der Waals surface area contributed by atoms with E-state index >= 15 is 0 Å². The van der Waals surface area contributed by atoms with Crippen molar-refractivity contribution in [2.24, 2.45) is 17.3 Å². The van der Waals surface area contributed by atoms with E-state index in [2.05, 4.69) is 0 Å². The molecule has 2 amide bonds. The fourth-order valence-electron chi connectivity index (χ4n) is 4.76. The van der Waals surface area contributed by atoms with E-state index in [-0.39, 0.29) is 35.4 Å². The van der Waals surface area contributed by atoms with E-state index in [1.54, 1.807) is 19.1 Å². The summed E-state index contributed by atoms with van der Waals surface area (Å²) in [6.07, 6.45) is 1.18. The molecular weight excluding hydrogens is 374 g/mol. The molecule has 1 aromatic rings. The van der Waals surface area contributed by atoms with Gasteiger partial charge in [0.2, 0.25) is 0 Å². The van der Waals surface area contributed by atoms with Crippen LogP contribution in [0.3, 0.4) is 0 Å². The highest BCUT2D eigenvalue weighted by molar-refractivity contribution is 7.87. The Bertz CT molecular complexity index is 921.